The Morgan fingerprint density at radius 2 is 1.67 bits per heavy atom. The zero-order chi connectivity index (χ0) is 7.70. The average Bonchev–Trinajstić information content (AvgIpc) is 1.89. The van der Waals surface area contributed by atoms with Gasteiger partial charge in [0, 0.05) is 6.92 Å². The molecule has 0 aliphatic rings. The fraction of sp³-hybridized carbons (Fsp3) is 0.800. The van der Waals surface area contributed by atoms with Crippen LogP contribution in [-0.4, -0.2) is 36.5 Å². The van der Waals surface area contributed by atoms with Gasteiger partial charge in [-0.1, -0.05) is 0 Å². The van der Waals surface area contributed by atoms with Crippen molar-refractivity contribution in [3.05, 3.63) is 0 Å². The minimum absolute atomic E-state index is 0.125. The van der Waals surface area contributed by atoms with Gasteiger partial charge in [0.15, 0.2) is 0 Å². The number of aliphatic hydroxyl groups excluding tert-OH is 2. The third kappa shape index (κ3) is 37.6. The number of hydrogen-bond donors (Lipinski definition) is 2. The molecule has 0 spiro atoms. The molecule has 4 nitrogen and oxygen atoms in total. The number of methoxy groups -OCH3 is 1. The number of carbonyl (C=O) groups excluding carboxylic acids is 1. The summed E-state index contributed by atoms with van der Waals surface area (Å²) in [4.78, 5) is 9.59. The predicted octanol–water partition coefficient (Wildman–Crippen LogP) is -0.850. The molecular formula is C5H12O4. The summed E-state index contributed by atoms with van der Waals surface area (Å²) in [6.07, 6.45) is 0. The second-order valence-corrected chi connectivity index (χ2v) is 1.14. The van der Waals surface area contributed by atoms with E-state index in [1.54, 1.807) is 0 Å². The number of aliphatic hydroxyl groups is 2. The Bertz CT molecular complexity index is 60.0. The molecule has 0 heterocycles. The third-order valence-corrected chi connectivity index (χ3v) is 0.387. The summed E-state index contributed by atoms with van der Waals surface area (Å²) < 4.78 is 4.11. The predicted molar refractivity (Wildman–Crippen MR) is 31.9 cm³/mol. The molecule has 0 saturated heterocycles. The molecule has 0 unspecified atom stereocenters. The fourth-order valence-electron chi connectivity index (χ4n) is 0. The van der Waals surface area contributed by atoms with Crippen molar-refractivity contribution in [2.24, 2.45) is 0 Å². The molecule has 0 aromatic heterocycles. The molecule has 0 aliphatic carbocycles. The topological polar surface area (TPSA) is 66.8 Å². The van der Waals surface area contributed by atoms with E-state index >= 15 is 0 Å². The van der Waals surface area contributed by atoms with Crippen molar-refractivity contribution in [2.75, 3.05) is 20.3 Å². The van der Waals surface area contributed by atoms with Crippen LogP contribution < -0.4 is 0 Å². The van der Waals surface area contributed by atoms with Gasteiger partial charge >= 0.3 is 5.97 Å². The van der Waals surface area contributed by atoms with E-state index in [2.05, 4.69) is 4.74 Å². The zero-order valence-electron chi connectivity index (χ0n) is 5.63. The van der Waals surface area contributed by atoms with Gasteiger partial charge in [-0.15, -0.1) is 0 Å². The summed E-state index contributed by atoms with van der Waals surface area (Å²) in [6, 6.07) is 0. The fourth-order valence-corrected chi connectivity index (χ4v) is 0. The zero-order valence-corrected chi connectivity index (χ0v) is 5.63. The number of rotatable bonds is 1. The molecule has 56 valence electrons. The minimum Gasteiger partial charge on any atom is -0.469 e. The Morgan fingerprint density at radius 1 is 1.44 bits per heavy atom. The highest BCUT2D eigenvalue weighted by atomic mass is 16.5. The quantitative estimate of drug-likeness (QED) is 0.461. The van der Waals surface area contributed by atoms with Crippen LogP contribution in [0.1, 0.15) is 6.92 Å². The molecule has 0 saturated carbocycles. The van der Waals surface area contributed by atoms with Crippen molar-refractivity contribution in [1.29, 1.82) is 0 Å². The van der Waals surface area contributed by atoms with E-state index in [0.29, 0.717) is 0 Å². The van der Waals surface area contributed by atoms with Gasteiger partial charge in [0.2, 0.25) is 0 Å². The van der Waals surface area contributed by atoms with Gasteiger partial charge in [-0.05, 0) is 0 Å². The van der Waals surface area contributed by atoms with E-state index < -0.39 is 0 Å². The van der Waals surface area contributed by atoms with Gasteiger partial charge in [0.1, 0.15) is 0 Å². The normalized spacial score (nSPS) is 7.11. The number of ether oxygens (including phenoxy) is 1. The Kier molecular flexibility index (Phi) is 13.0. The summed E-state index contributed by atoms with van der Waals surface area (Å²) in [6.45, 7) is 1.11. The highest BCUT2D eigenvalue weighted by Crippen LogP contribution is 1.60. The van der Waals surface area contributed by atoms with Crippen LogP contribution in [0.15, 0.2) is 0 Å². The van der Waals surface area contributed by atoms with Crippen LogP contribution in [0.2, 0.25) is 0 Å². The summed E-state index contributed by atoms with van der Waals surface area (Å²) >= 11 is 0. The van der Waals surface area contributed by atoms with E-state index in [4.69, 9.17) is 10.2 Å². The van der Waals surface area contributed by atoms with Gasteiger partial charge in [-0.2, -0.15) is 0 Å². The van der Waals surface area contributed by atoms with Gasteiger partial charge in [0.25, 0.3) is 0 Å². The van der Waals surface area contributed by atoms with E-state index in [1.165, 1.54) is 14.0 Å². The number of hydrogen-bond acceptors (Lipinski definition) is 4. The lowest BCUT2D eigenvalue weighted by Crippen LogP contribution is -1.88. The van der Waals surface area contributed by atoms with Crippen LogP contribution in [0.5, 0.6) is 0 Å². The van der Waals surface area contributed by atoms with E-state index in [9.17, 15) is 4.79 Å². The van der Waals surface area contributed by atoms with Crippen molar-refractivity contribution in [3.8, 4) is 0 Å². The summed E-state index contributed by atoms with van der Waals surface area (Å²) in [5, 5.41) is 15.2. The lowest BCUT2D eigenvalue weighted by atomic mass is 10.8. The first-order chi connectivity index (χ1) is 4.18. The Hall–Kier alpha value is -0.610. The molecule has 0 fully saturated rings. The van der Waals surface area contributed by atoms with Crippen molar-refractivity contribution in [1.82, 2.24) is 0 Å². The molecular weight excluding hydrogens is 124 g/mol. The van der Waals surface area contributed by atoms with Crippen LogP contribution in [0.3, 0.4) is 0 Å². The number of esters is 1. The highest BCUT2D eigenvalue weighted by Gasteiger charge is 1.75. The number of carbonyl (C=O) groups is 1. The summed E-state index contributed by atoms with van der Waals surface area (Å²) in [7, 11) is 1.35. The minimum atomic E-state index is -0.245. The smallest absolute Gasteiger partial charge is 0.302 e. The highest BCUT2D eigenvalue weighted by molar-refractivity contribution is 5.65. The maximum atomic E-state index is 9.59. The second-order valence-electron chi connectivity index (χ2n) is 1.14. The maximum Gasteiger partial charge on any atom is 0.302 e. The van der Waals surface area contributed by atoms with Gasteiger partial charge in [-0.25, -0.2) is 0 Å². The van der Waals surface area contributed by atoms with Gasteiger partial charge < -0.3 is 14.9 Å². The lowest BCUT2D eigenvalue weighted by molar-refractivity contribution is -0.137. The van der Waals surface area contributed by atoms with Crippen LogP contribution in [-0.2, 0) is 9.53 Å². The largest absolute Gasteiger partial charge is 0.469 e. The molecule has 0 rings (SSSR count). The molecule has 4 heteroatoms. The van der Waals surface area contributed by atoms with Gasteiger partial charge in [0.05, 0.1) is 20.3 Å². The first-order valence-corrected chi connectivity index (χ1v) is 2.45. The van der Waals surface area contributed by atoms with Crippen LogP contribution in [0.4, 0.5) is 0 Å². The van der Waals surface area contributed by atoms with Crippen LogP contribution >= 0.6 is 0 Å². The van der Waals surface area contributed by atoms with E-state index in [0.717, 1.165) is 0 Å². The maximum absolute atomic E-state index is 9.59. The first kappa shape index (κ1) is 11.2. The average molecular weight is 136 g/mol. The van der Waals surface area contributed by atoms with Crippen molar-refractivity contribution in [3.63, 3.8) is 0 Å². The molecule has 9 heavy (non-hydrogen) atoms. The first-order valence-electron chi connectivity index (χ1n) is 2.45. The Balaban J connectivity index is 0. The van der Waals surface area contributed by atoms with Crippen molar-refractivity contribution in [2.45, 2.75) is 6.92 Å². The molecule has 0 bridgehead atoms. The molecule has 0 amide bonds. The van der Waals surface area contributed by atoms with Crippen molar-refractivity contribution < 1.29 is 19.7 Å². The molecule has 0 aliphatic heterocycles. The molecule has 0 aromatic rings. The van der Waals surface area contributed by atoms with E-state index in [1.807, 2.05) is 0 Å². The molecule has 0 aromatic carbocycles. The standard InChI is InChI=1S/C3H6O2.C2H6O2/c1-3(4)5-2;3-1-2-4/h1-2H3;3-4H,1-2H2. The van der Waals surface area contributed by atoms with Gasteiger partial charge in [-0.3, -0.25) is 4.79 Å². The Morgan fingerprint density at radius 3 is 1.67 bits per heavy atom. The molecule has 0 radical (unpaired) electrons. The van der Waals surface area contributed by atoms with E-state index in [-0.39, 0.29) is 19.2 Å². The van der Waals surface area contributed by atoms with Crippen LogP contribution in [0, 0.1) is 0 Å². The van der Waals surface area contributed by atoms with Crippen molar-refractivity contribution >= 4 is 5.97 Å². The molecule has 2 N–H and O–H groups in total. The molecule has 0 atom stereocenters. The second kappa shape index (κ2) is 10.4. The lowest BCUT2D eigenvalue weighted by Gasteiger charge is -1.80. The van der Waals surface area contributed by atoms with Crippen LogP contribution in [0.25, 0.3) is 0 Å². The third-order valence-electron chi connectivity index (χ3n) is 0.387. The SMILES string of the molecule is COC(C)=O.OCCO. The summed E-state index contributed by atoms with van der Waals surface area (Å²) in [5.74, 6) is -0.245. The Labute approximate surface area is 54.1 Å². The summed E-state index contributed by atoms with van der Waals surface area (Å²) in [5.41, 5.74) is 0. The monoisotopic (exact) mass is 136 g/mol.